The fraction of sp³-hybridized carbons (Fsp3) is 0.854. The van der Waals surface area contributed by atoms with E-state index in [-0.39, 0.29) is 19.1 Å². The molecule has 57 heavy (non-hydrogen) atoms. The minimum Gasteiger partial charge on any atom is -0.387 e. The van der Waals surface area contributed by atoms with Gasteiger partial charge in [-0.15, -0.1) is 0 Å². The van der Waals surface area contributed by atoms with Gasteiger partial charge in [0.15, 0.2) is 0 Å². The van der Waals surface area contributed by atoms with Crippen LogP contribution in [-0.2, 0) is 18.4 Å². The second-order valence-corrected chi connectivity index (χ2v) is 18.9. The summed E-state index contributed by atoms with van der Waals surface area (Å²) in [5.41, 5.74) is 0. The summed E-state index contributed by atoms with van der Waals surface area (Å²) in [7, 11) is 1.55. The number of likely N-dealkylation sites (N-methyl/N-ethyl adjacent to an activating group) is 1. The first-order chi connectivity index (χ1) is 27.5. The molecule has 0 aromatic rings. The van der Waals surface area contributed by atoms with Crippen LogP contribution in [-0.4, -0.2) is 73.4 Å². The van der Waals surface area contributed by atoms with Crippen LogP contribution < -0.4 is 5.32 Å². The molecule has 8 nitrogen and oxygen atoms in total. The van der Waals surface area contributed by atoms with E-state index in [0.717, 1.165) is 38.5 Å². The molecule has 0 bridgehead atoms. The molecule has 0 spiro atoms. The first kappa shape index (κ1) is 55.7. The lowest BCUT2D eigenvalue weighted by Gasteiger charge is -2.25. The lowest BCUT2D eigenvalue weighted by atomic mass is 10.0. The number of amides is 1. The maximum atomic E-state index is 12.9. The van der Waals surface area contributed by atoms with E-state index in [4.69, 9.17) is 9.05 Å². The van der Waals surface area contributed by atoms with Gasteiger partial charge in [0.2, 0.25) is 5.91 Å². The molecular formula is C48H94N2O6P+. The summed E-state index contributed by atoms with van der Waals surface area (Å²) in [6.45, 7) is 4.79. The summed E-state index contributed by atoms with van der Waals surface area (Å²) in [4.78, 5) is 23.1. The number of aliphatic hydroxyl groups excluding tert-OH is 1. The highest BCUT2D eigenvalue weighted by molar-refractivity contribution is 7.47. The maximum Gasteiger partial charge on any atom is 0.472 e. The molecule has 0 aliphatic carbocycles. The zero-order chi connectivity index (χ0) is 42.1. The smallest absolute Gasteiger partial charge is 0.387 e. The topological polar surface area (TPSA) is 105 Å². The molecule has 9 heteroatoms. The maximum absolute atomic E-state index is 12.9. The Kier molecular flexibility index (Phi) is 39.2. The molecule has 336 valence electrons. The highest BCUT2D eigenvalue weighted by Gasteiger charge is 2.27. The Bertz CT molecular complexity index is 1030. The van der Waals surface area contributed by atoms with Gasteiger partial charge in [0.05, 0.1) is 39.9 Å². The molecule has 3 atom stereocenters. The van der Waals surface area contributed by atoms with Crippen LogP contribution in [0, 0.1) is 0 Å². The molecular weight excluding hydrogens is 732 g/mol. The van der Waals surface area contributed by atoms with Gasteiger partial charge in [-0.3, -0.25) is 13.8 Å². The van der Waals surface area contributed by atoms with Gasteiger partial charge in [0.1, 0.15) is 13.2 Å². The summed E-state index contributed by atoms with van der Waals surface area (Å²) < 4.78 is 23.6. The minimum atomic E-state index is -4.35. The number of hydrogen-bond donors (Lipinski definition) is 3. The van der Waals surface area contributed by atoms with E-state index in [9.17, 15) is 19.4 Å². The van der Waals surface area contributed by atoms with Gasteiger partial charge in [-0.2, -0.15) is 0 Å². The van der Waals surface area contributed by atoms with E-state index in [1.54, 1.807) is 6.08 Å². The molecule has 0 aliphatic heterocycles. The van der Waals surface area contributed by atoms with Crippen LogP contribution in [0.4, 0.5) is 0 Å². The molecule has 1 amide bonds. The van der Waals surface area contributed by atoms with Crippen molar-refractivity contribution in [1.82, 2.24) is 5.32 Å². The molecule has 3 unspecified atom stereocenters. The number of carbonyl (C=O) groups is 1. The average molecular weight is 826 g/mol. The first-order valence-corrected chi connectivity index (χ1v) is 25.4. The number of aliphatic hydroxyl groups is 1. The monoisotopic (exact) mass is 826 g/mol. The molecule has 0 aromatic carbocycles. The highest BCUT2D eigenvalue weighted by Crippen LogP contribution is 2.43. The quantitative estimate of drug-likeness (QED) is 0.0245. The molecule has 0 fully saturated rings. The second kappa shape index (κ2) is 40.1. The van der Waals surface area contributed by atoms with Gasteiger partial charge < -0.3 is 19.8 Å². The predicted octanol–water partition coefficient (Wildman–Crippen LogP) is 13.5. The van der Waals surface area contributed by atoms with E-state index in [1.165, 1.54) is 154 Å². The Hall–Kier alpha value is -1.28. The number of allylic oxidation sites excluding steroid dienone is 5. The number of rotatable bonds is 43. The lowest BCUT2D eigenvalue weighted by Crippen LogP contribution is -2.45. The van der Waals surface area contributed by atoms with Crippen LogP contribution in [0.15, 0.2) is 36.5 Å². The number of hydrogen-bond acceptors (Lipinski definition) is 5. The third kappa shape index (κ3) is 42.6. The van der Waals surface area contributed by atoms with Crippen LogP contribution >= 0.6 is 7.82 Å². The normalized spacial score (nSPS) is 14.6. The zero-order valence-corrected chi connectivity index (χ0v) is 39.0. The van der Waals surface area contributed by atoms with E-state index < -0.39 is 20.0 Å². The molecule has 0 heterocycles. The average Bonchev–Trinajstić information content (AvgIpc) is 3.16. The van der Waals surface area contributed by atoms with Crippen LogP contribution in [0.3, 0.4) is 0 Å². The zero-order valence-electron chi connectivity index (χ0n) is 38.1. The second-order valence-electron chi connectivity index (χ2n) is 17.5. The number of quaternary nitrogens is 1. The minimum absolute atomic E-state index is 0.0560. The van der Waals surface area contributed by atoms with Crippen molar-refractivity contribution >= 4 is 13.7 Å². The van der Waals surface area contributed by atoms with Crippen LogP contribution in [0.1, 0.15) is 213 Å². The molecule has 0 aromatic heterocycles. The first-order valence-electron chi connectivity index (χ1n) is 23.9. The van der Waals surface area contributed by atoms with Crippen LogP contribution in [0.25, 0.3) is 0 Å². The van der Waals surface area contributed by atoms with Gasteiger partial charge in [-0.25, -0.2) is 4.57 Å². The highest BCUT2D eigenvalue weighted by atomic mass is 31.2. The number of carbonyl (C=O) groups excluding carboxylic acids is 1. The van der Waals surface area contributed by atoms with Gasteiger partial charge in [0.25, 0.3) is 0 Å². The van der Waals surface area contributed by atoms with E-state index in [0.29, 0.717) is 17.4 Å². The van der Waals surface area contributed by atoms with Crippen molar-refractivity contribution in [2.45, 2.75) is 225 Å². The SMILES string of the molecule is CCCCCCCCCC/C=C\CCCCCCCCCCCC(=O)NC(COP(=O)(O)OCC[N+](C)(C)C)C(O)/C=C/CC/C=C/CCCCCCCCCC. The van der Waals surface area contributed by atoms with Crippen molar-refractivity contribution in [1.29, 1.82) is 0 Å². The van der Waals surface area contributed by atoms with E-state index in [1.807, 2.05) is 27.2 Å². The van der Waals surface area contributed by atoms with Gasteiger partial charge in [-0.1, -0.05) is 185 Å². The third-order valence-corrected chi connectivity index (χ3v) is 11.6. The van der Waals surface area contributed by atoms with Crippen molar-refractivity contribution in [2.24, 2.45) is 0 Å². The predicted molar refractivity (Wildman–Crippen MR) is 244 cm³/mol. The van der Waals surface area contributed by atoms with Crippen molar-refractivity contribution in [3.63, 3.8) is 0 Å². The number of unbranched alkanes of at least 4 members (excludes halogenated alkanes) is 26. The number of phosphoric ester groups is 1. The van der Waals surface area contributed by atoms with Crippen molar-refractivity contribution in [3.05, 3.63) is 36.5 Å². The third-order valence-electron chi connectivity index (χ3n) is 10.6. The molecule has 0 aliphatic rings. The van der Waals surface area contributed by atoms with Crippen molar-refractivity contribution in [2.75, 3.05) is 40.9 Å². The Morgan fingerprint density at radius 3 is 1.40 bits per heavy atom. The van der Waals surface area contributed by atoms with E-state index in [2.05, 4.69) is 43.5 Å². The van der Waals surface area contributed by atoms with Crippen LogP contribution in [0.2, 0.25) is 0 Å². The molecule has 0 saturated carbocycles. The van der Waals surface area contributed by atoms with Gasteiger partial charge >= 0.3 is 7.82 Å². The standard InChI is InChI=1S/C48H93N2O6P/c1-6-8-10-12-14-16-18-20-22-23-24-25-26-27-28-30-32-34-36-38-40-42-48(52)49-46(45-56-57(53,54)55-44-43-50(3,4)5)47(51)41-39-37-35-33-31-29-21-19-17-15-13-11-9-7-2/h23-24,31,33,39,41,46-47,51H,6-22,25-30,32,34-38,40,42-45H2,1-5H3,(H-,49,52,53,54)/p+1/b24-23-,33-31+,41-39+. The molecule has 0 radical (unpaired) electrons. The Labute approximate surface area is 353 Å². The largest absolute Gasteiger partial charge is 0.472 e. The molecule has 0 saturated heterocycles. The number of nitrogens with zero attached hydrogens (tertiary/aromatic N) is 1. The fourth-order valence-corrected chi connectivity index (χ4v) is 7.49. The van der Waals surface area contributed by atoms with Crippen LogP contribution in [0.5, 0.6) is 0 Å². The molecule has 3 N–H and O–H groups in total. The van der Waals surface area contributed by atoms with Gasteiger partial charge in [-0.05, 0) is 57.8 Å². The van der Waals surface area contributed by atoms with E-state index >= 15 is 0 Å². The Morgan fingerprint density at radius 2 is 0.965 bits per heavy atom. The Balaban J connectivity index is 4.36. The number of nitrogens with one attached hydrogen (secondary N) is 1. The summed E-state index contributed by atoms with van der Waals surface area (Å²) in [6.07, 6.45) is 49.3. The summed E-state index contributed by atoms with van der Waals surface area (Å²) in [6, 6.07) is -0.862. The summed E-state index contributed by atoms with van der Waals surface area (Å²) in [5.74, 6) is -0.189. The molecule has 0 rings (SSSR count). The Morgan fingerprint density at radius 1 is 0.579 bits per heavy atom. The summed E-state index contributed by atoms with van der Waals surface area (Å²) in [5, 5.41) is 13.8. The number of phosphoric acid groups is 1. The lowest BCUT2D eigenvalue weighted by molar-refractivity contribution is -0.870. The summed E-state index contributed by atoms with van der Waals surface area (Å²) >= 11 is 0. The van der Waals surface area contributed by atoms with Crippen molar-refractivity contribution in [3.8, 4) is 0 Å². The van der Waals surface area contributed by atoms with Gasteiger partial charge in [0, 0.05) is 6.42 Å². The fourth-order valence-electron chi connectivity index (χ4n) is 6.76. The van der Waals surface area contributed by atoms with Crippen molar-refractivity contribution < 1.29 is 32.9 Å².